The fourth-order valence-corrected chi connectivity index (χ4v) is 4.83. The van der Waals surface area contributed by atoms with Gasteiger partial charge in [-0.05, 0) is 31.7 Å². The molecule has 1 atom stereocenters. The molecule has 1 aromatic rings. The minimum Gasteiger partial charge on any atom is -0.338 e. The predicted octanol–water partition coefficient (Wildman–Crippen LogP) is 1.51. The summed E-state index contributed by atoms with van der Waals surface area (Å²) < 4.78 is 2.07. The summed E-state index contributed by atoms with van der Waals surface area (Å²) >= 11 is 0. The van der Waals surface area contributed by atoms with Gasteiger partial charge < -0.3 is 19.7 Å². The number of hydrogen-bond acceptors (Lipinski definition) is 4. The molecule has 3 fully saturated rings. The van der Waals surface area contributed by atoms with Crippen LogP contribution in [0.4, 0.5) is 4.79 Å². The van der Waals surface area contributed by atoms with E-state index in [-0.39, 0.29) is 6.03 Å². The summed E-state index contributed by atoms with van der Waals surface area (Å²) in [5.41, 5.74) is 0. The van der Waals surface area contributed by atoms with Crippen LogP contribution in [0.2, 0.25) is 0 Å². The maximum Gasteiger partial charge on any atom is 0.317 e. The first-order chi connectivity index (χ1) is 13.2. The molecule has 1 saturated carbocycles. The molecular weight excluding hydrogens is 340 g/mol. The van der Waals surface area contributed by atoms with E-state index in [1.54, 1.807) is 0 Å². The van der Waals surface area contributed by atoms with Gasteiger partial charge >= 0.3 is 6.03 Å². The normalized spacial score (nSPS) is 25.4. The van der Waals surface area contributed by atoms with E-state index in [4.69, 9.17) is 0 Å². The van der Waals surface area contributed by atoms with Gasteiger partial charge in [0.25, 0.3) is 0 Å². The quantitative estimate of drug-likeness (QED) is 0.849. The van der Waals surface area contributed by atoms with E-state index >= 15 is 0 Å². The van der Waals surface area contributed by atoms with Gasteiger partial charge in [0.05, 0.1) is 6.54 Å². The Morgan fingerprint density at radius 3 is 2.63 bits per heavy atom. The van der Waals surface area contributed by atoms with Crippen LogP contribution >= 0.6 is 0 Å². The lowest BCUT2D eigenvalue weighted by molar-refractivity contribution is 0.132. The van der Waals surface area contributed by atoms with Crippen LogP contribution in [0.25, 0.3) is 0 Å². The van der Waals surface area contributed by atoms with E-state index in [9.17, 15) is 4.79 Å². The summed E-state index contributed by atoms with van der Waals surface area (Å²) in [5.74, 6) is 1.71. The highest BCUT2D eigenvalue weighted by Gasteiger charge is 2.30. The van der Waals surface area contributed by atoms with Gasteiger partial charge in [0.1, 0.15) is 5.82 Å². The van der Waals surface area contributed by atoms with Crippen LogP contribution in [0.3, 0.4) is 0 Å². The minimum absolute atomic E-state index is 0.117. The Balaban J connectivity index is 1.15. The van der Waals surface area contributed by atoms with Crippen molar-refractivity contribution in [1.29, 1.82) is 0 Å². The van der Waals surface area contributed by atoms with Crippen LogP contribution in [0.1, 0.15) is 37.9 Å². The average Bonchev–Trinajstić information content (AvgIpc) is 3.43. The number of piperazine rings is 1. The topological polar surface area (TPSA) is 56.6 Å². The number of imidazole rings is 1. The molecule has 3 aliphatic rings. The van der Waals surface area contributed by atoms with Gasteiger partial charge in [-0.3, -0.25) is 4.90 Å². The van der Waals surface area contributed by atoms with Gasteiger partial charge in [-0.2, -0.15) is 0 Å². The first-order valence-electron chi connectivity index (χ1n) is 10.6. The first kappa shape index (κ1) is 18.7. The monoisotopic (exact) mass is 374 g/mol. The van der Waals surface area contributed by atoms with Gasteiger partial charge in [0, 0.05) is 64.8 Å². The molecule has 0 unspecified atom stereocenters. The number of amides is 2. The van der Waals surface area contributed by atoms with Crippen molar-refractivity contribution >= 4 is 6.03 Å². The summed E-state index contributed by atoms with van der Waals surface area (Å²) in [6.45, 7) is 7.51. The maximum atomic E-state index is 12.5. The van der Waals surface area contributed by atoms with Crippen molar-refractivity contribution in [2.45, 2.75) is 44.7 Å². The van der Waals surface area contributed by atoms with Crippen molar-refractivity contribution < 1.29 is 4.79 Å². The Labute approximate surface area is 162 Å². The molecule has 2 saturated heterocycles. The van der Waals surface area contributed by atoms with Crippen LogP contribution in [0.15, 0.2) is 12.4 Å². The number of nitrogens with zero attached hydrogens (tertiary/aromatic N) is 5. The highest BCUT2D eigenvalue weighted by Crippen LogP contribution is 2.28. The molecule has 2 amide bonds. The van der Waals surface area contributed by atoms with Crippen molar-refractivity contribution in [3.05, 3.63) is 18.2 Å². The van der Waals surface area contributed by atoms with Gasteiger partial charge in [0.2, 0.25) is 0 Å². The Kier molecular flexibility index (Phi) is 5.98. The molecule has 3 heterocycles. The molecule has 1 aliphatic carbocycles. The third-order valence-corrected chi connectivity index (χ3v) is 6.65. The van der Waals surface area contributed by atoms with Crippen LogP contribution < -0.4 is 5.32 Å². The molecule has 4 rings (SSSR count). The van der Waals surface area contributed by atoms with E-state index in [0.717, 1.165) is 51.1 Å². The summed E-state index contributed by atoms with van der Waals surface area (Å²) in [6.07, 6.45) is 10.6. The van der Waals surface area contributed by atoms with E-state index < -0.39 is 0 Å². The van der Waals surface area contributed by atoms with E-state index in [2.05, 4.69) is 24.7 Å². The number of aryl methyl sites for hydroxylation is 1. The molecule has 1 N–H and O–H groups in total. The largest absolute Gasteiger partial charge is 0.338 e. The minimum atomic E-state index is 0.117. The molecule has 27 heavy (non-hydrogen) atoms. The highest BCUT2D eigenvalue weighted by molar-refractivity contribution is 5.74. The summed E-state index contributed by atoms with van der Waals surface area (Å²) in [6, 6.07) is 0.934. The van der Waals surface area contributed by atoms with Crippen molar-refractivity contribution in [1.82, 2.24) is 29.6 Å². The van der Waals surface area contributed by atoms with E-state index in [1.165, 1.54) is 45.2 Å². The number of carbonyl (C=O) groups is 1. The first-order valence-corrected chi connectivity index (χ1v) is 10.6. The lowest BCUT2D eigenvalue weighted by atomic mass is 10.1. The van der Waals surface area contributed by atoms with Crippen molar-refractivity contribution in [3.8, 4) is 0 Å². The van der Waals surface area contributed by atoms with Crippen molar-refractivity contribution in [3.63, 3.8) is 0 Å². The van der Waals surface area contributed by atoms with E-state index in [1.807, 2.05) is 24.3 Å². The molecule has 7 nitrogen and oxygen atoms in total. The molecule has 0 aromatic carbocycles. The van der Waals surface area contributed by atoms with Crippen LogP contribution in [-0.4, -0.2) is 82.1 Å². The molecule has 0 spiro atoms. The van der Waals surface area contributed by atoms with Gasteiger partial charge in [-0.25, -0.2) is 9.78 Å². The number of carbonyl (C=O) groups excluding carboxylic acids is 1. The second-order valence-corrected chi connectivity index (χ2v) is 8.49. The lowest BCUT2D eigenvalue weighted by Crippen LogP contribution is -2.52. The SMILES string of the molecule is Cn1ccnc1CN1CCN(C(=O)NC[C@@H]2CCN(C3CCCC3)C2)CC1. The molecule has 2 aliphatic heterocycles. The summed E-state index contributed by atoms with van der Waals surface area (Å²) in [5, 5.41) is 3.20. The molecule has 0 bridgehead atoms. The Morgan fingerprint density at radius 2 is 1.93 bits per heavy atom. The fraction of sp³-hybridized carbons (Fsp3) is 0.800. The van der Waals surface area contributed by atoms with Crippen LogP contribution in [0.5, 0.6) is 0 Å². The zero-order valence-electron chi connectivity index (χ0n) is 16.6. The smallest absolute Gasteiger partial charge is 0.317 e. The highest BCUT2D eigenvalue weighted by atomic mass is 16.2. The molecule has 150 valence electrons. The van der Waals surface area contributed by atoms with Gasteiger partial charge in [0.15, 0.2) is 0 Å². The Bertz CT molecular complexity index is 618. The second-order valence-electron chi connectivity index (χ2n) is 8.49. The molecule has 7 heteroatoms. The fourth-order valence-electron chi connectivity index (χ4n) is 4.83. The number of aromatic nitrogens is 2. The number of rotatable bonds is 5. The number of hydrogen-bond donors (Lipinski definition) is 1. The maximum absolute atomic E-state index is 12.5. The Morgan fingerprint density at radius 1 is 1.15 bits per heavy atom. The number of nitrogens with one attached hydrogen (secondary N) is 1. The number of likely N-dealkylation sites (tertiary alicyclic amines) is 1. The second kappa shape index (κ2) is 8.61. The van der Waals surface area contributed by atoms with Crippen molar-refractivity contribution in [2.75, 3.05) is 45.8 Å². The molecule has 1 aromatic heterocycles. The predicted molar refractivity (Wildman–Crippen MR) is 105 cm³/mol. The molecular formula is C20H34N6O. The van der Waals surface area contributed by atoms with Crippen LogP contribution in [-0.2, 0) is 13.6 Å². The van der Waals surface area contributed by atoms with Gasteiger partial charge in [-0.1, -0.05) is 12.8 Å². The summed E-state index contributed by atoms with van der Waals surface area (Å²) in [7, 11) is 2.03. The zero-order chi connectivity index (χ0) is 18.6. The Hall–Kier alpha value is -1.60. The lowest BCUT2D eigenvalue weighted by Gasteiger charge is -2.34. The standard InChI is InChI=1S/C20H34N6O/c1-23-9-7-21-19(23)16-24-10-12-25(13-11-24)20(27)22-14-17-6-8-26(15-17)18-4-2-3-5-18/h7,9,17-18H,2-6,8,10-16H2,1H3,(H,22,27)/t17-/m0/s1. The average molecular weight is 375 g/mol. The third-order valence-electron chi connectivity index (χ3n) is 6.65. The third kappa shape index (κ3) is 4.63. The zero-order valence-corrected chi connectivity index (χ0v) is 16.6. The van der Waals surface area contributed by atoms with Crippen LogP contribution in [0, 0.1) is 5.92 Å². The number of urea groups is 1. The van der Waals surface area contributed by atoms with Gasteiger partial charge in [-0.15, -0.1) is 0 Å². The van der Waals surface area contributed by atoms with Crippen molar-refractivity contribution in [2.24, 2.45) is 13.0 Å². The summed E-state index contributed by atoms with van der Waals surface area (Å²) in [4.78, 5) is 23.9. The van der Waals surface area contributed by atoms with E-state index in [0.29, 0.717) is 5.92 Å². The molecule has 0 radical (unpaired) electrons.